The van der Waals surface area contributed by atoms with Crippen LogP contribution in [0.1, 0.15) is 28.9 Å². The number of carbonyl (C=O) groups excluding carboxylic acids is 1. The molecule has 94 valence electrons. The number of hydrogen-bond acceptors (Lipinski definition) is 4. The molecule has 2 rings (SSSR count). The zero-order valence-electron chi connectivity index (χ0n) is 9.65. The highest BCUT2D eigenvalue weighted by atomic mass is 32.1. The first-order valence-corrected chi connectivity index (χ1v) is 7.22. The Kier molecular flexibility index (Phi) is 4.88. The molecular formula is C12H17NO2S2. The van der Waals surface area contributed by atoms with Crippen molar-refractivity contribution in [1.29, 1.82) is 0 Å². The molecule has 0 radical (unpaired) electrons. The molecule has 1 N–H and O–H groups in total. The van der Waals surface area contributed by atoms with Gasteiger partial charge in [0.25, 0.3) is 5.91 Å². The average Bonchev–Trinajstić information content (AvgIpc) is 3.04. The Morgan fingerprint density at radius 1 is 1.59 bits per heavy atom. The van der Waals surface area contributed by atoms with Gasteiger partial charge in [-0.2, -0.15) is 0 Å². The lowest BCUT2D eigenvalue weighted by atomic mass is 10.4. The lowest BCUT2D eigenvalue weighted by Gasteiger charge is -2.04. The van der Waals surface area contributed by atoms with Crippen molar-refractivity contribution in [3.8, 4) is 0 Å². The fourth-order valence-corrected chi connectivity index (χ4v) is 2.51. The van der Waals surface area contributed by atoms with Crippen LogP contribution in [0.4, 0.5) is 0 Å². The van der Waals surface area contributed by atoms with Gasteiger partial charge in [0.1, 0.15) is 0 Å². The molecule has 1 heterocycles. The van der Waals surface area contributed by atoms with Crippen LogP contribution in [0, 0.1) is 5.92 Å². The first-order chi connectivity index (χ1) is 8.25. The van der Waals surface area contributed by atoms with Gasteiger partial charge in [-0.05, 0) is 31.2 Å². The van der Waals surface area contributed by atoms with Crippen LogP contribution in [0.3, 0.4) is 0 Å². The van der Waals surface area contributed by atoms with E-state index in [0.29, 0.717) is 11.4 Å². The molecule has 1 aromatic heterocycles. The van der Waals surface area contributed by atoms with Crippen LogP contribution < -0.4 is 5.32 Å². The molecule has 0 aromatic carbocycles. The summed E-state index contributed by atoms with van der Waals surface area (Å²) in [6.07, 6.45) is 3.51. The van der Waals surface area contributed by atoms with Crippen molar-refractivity contribution in [2.24, 2.45) is 5.92 Å². The largest absolute Gasteiger partial charge is 0.381 e. The predicted molar refractivity (Wildman–Crippen MR) is 72.1 cm³/mol. The Labute approximate surface area is 111 Å². The second kappa shape index (κ2) is 6.42. The van der Waals surface area contributed by atoms with Crippen molar-refractivity contribution < 1.29 is 9.53 Å². The minimum Gasteiger partial charge on any atom is -0.381 e. The van der Waals surface area contributed by atoms with Crippen molar-refractivity contribution in [2.45, 2.75) is 24.2 Å². The van der Waals surface area contributed by atoms with Crippen molar-refractivity contribution >= 4 is 29.9 Å². The minimum atomic E-state index is -0.0162. The van der Waals surface area contributed by atoms with Gasteiger partial charge >= 0.3 is 0 Å². The quantitative estimate of drug-likeness (QED) is 0.591. The number of ether oxygens (including phenoxy) is 1. The van der Waals surface area contributed by atoms with E-state index in [1.165, 1.54) is 24.2 Å². The summed E-state index contributed by atoms with van der Waals surface area (Å²) in [4.78, 5) is 13.2. The van der Waals surface area contributed by atoms with Gasteiger partial charge in [0, 0.05) is 30.0 Å². The molecule has 0 atom stereocenters. The van der Waals surface area contributed by atoms with Crippen LogP contribution in [0.2, 0.25) is 0 Å². The van der Waals surface area contributed by atoms with Gasteiger partial charge < -0.3 is 10.1 Å². The molecule has 17 heavy (non-hydrogen) atoms. The number of thiol groups is 1. The van der Waals surface area contributed by atoms with Gasteiger partial charge in [0.05, 0.1) is 4.88 Å². The van der Waals surface area contributed by atoms with E-state index in [1.807, 2.05) is 5.38 Å². The van der Waals surface area contributed by atoms with Crippen LogP contribution in [0.25, 0.3) is 0 Å². The maximum absolute atomic E-state index is 11.6. The fraction of sp³-hybridized carbons (Fsp3) is 0.583. The SMILES string of the molecule is O=C(NCCCOCC1CC1)c1cc(S)cs1. The summed E-state index contributed by atoms with van der Waals surface area (Å²) in [6, 6.07) is 1.78. The number of amides is 1. The van der Waals surface area contributed by atoms with Crippen molar-refractivity contribution in [3.05, 3.63) is 16.3 Å². The Bertz CT molecular complexity index is 374. The Morgan fingerprint density at radius 2 is 2.41 bits per heavy atom. The van der Waals surface area contributed by atoms with Gasteiger partial charge in [0.2, 0.25) is 0 Å². The maximum atomic E-state index is 11.6. The molecule has 1 fully saturated rings. The Hall–Kier alpha value is -0.520. The van der Waals surface area contributed by atoms with Crippen LogP contribution in [-0.4, -0.2) is 25.7 Å². The van der Waals surface area contributed by atoms with E-state index in [1.54, 1.807) is 6.07 Å². The van der Waals surface area contributed by atoms with Gasteiger partial charge in [-0.15, -0.1) is 24.0 Å². The van der Waals surface area contributed by atoms with Crippen molar-refractivity contribution in [2.75, 3.05) is 19.8 Å². The topological polar surface area (TPSA) is 38.3 Å². The van der Waals surface area contributed by atoms with Crippen LogP contribution in [0.15, 0.2) is 16.3 Å². The van der Waals surface area contributed by atoms with E-state index in [-0.39, 0.29) is 5.91 Å². The van der Waals surface area contributed by atoms with E-state index in [4.69, 9.17) is 4.74 Å². The summed E-state index contributed by atoms with van der Waals surface area (Å²) >= 11 is 5.59. The second-order valence-corrected chi connectivity index (χ2v) is 5.72. The average molecular weight is 271 g/mol. The van der Waals surface area contributed by atoms with Crippen LogP contribution in [0.5, 0.6) is 0 Å². The number of nitrogens with one attached hydrogen (secondary N) is 1. The van der Waals surface area contributed by atoms with Gasteiger partial charge in [-0.1, -0.05) is 0 Å². The molecule has 0 bridgehead atoms. The first kappa shape index (κ1) is 12.9. The summed E-state index contributed by atoms with van der Waals surface area (Å²) in [6.45, 7) is 2.30. The third kappa shape index (κ3) is 4.69. The molecule has 1 amide bonds. The predicted octanol–water partition coefficient (Wildman–Crippen LogP) is 2.58. The number of rotatable bonds is 7. The maximum Gasteiger partial charge on any atom is 0.261 e. The monoisotopic (exact) mass is 271 g/mol. The first-order valence-electron chi connectivity index (χ1n) is 5.89. The van der Waals surface area contributed by atoms with Gasteiger partial charge in [0.15, 0.2) is 0 Å². The zero-order chi connectivity index (χ0) is 12.1. The minimum absolute atomic E-state index is 0.0162. The van der Waals surface area contributed by atoms with E-state index >= 15 is 0 Å². The highest BCUT2D eigenvalue weighted by Gasteiger charge is 2.20. The summed E-state index contributed by atoms with van der Waals surface area (Å²) in [5.41, 5.74) is 0. The lowest BCUT2D eigenvalue weighted by Crippen LogP contribution is -2.24. The Morgan fingerprint density at radius 3 is 3.06 bits per heavy atom. The number of hydrogen-bond donors (Lipinski definition) is 2. The van der Waals surface area contributed by atoms with E-state index in [0.717, 1.165) is 30.4 Å². The molecular weight excluding hydrogens is 254 g/mol. The van der Waals surface area contributed by atoms with Crippen LogP contribution >= 0.6 is 24.0 Å². The smallest absolute Gasteiger partial charge is 0.261 e. The molecule has 0 unspecified atom stereocenters. The zero-order valence-corrected chi connectivity index (χ0v) is 11.4. The molecule has 0 aliphatic heterocycles. The fourth-order valence-electron chi connectivity index (χ4n) is 1.44. The van der Waals surface area contributed by atoms with E-state index in [9.17, 15) is 4.79 Å². The normalized spacial score (nSPS) is 14.9. The summed E-state index contributed by atoms with van der Waals surface area (Å²) in [7, 11) is 0. The second-order valence-electron chi connectivity index (χ2n) is 4.30. The van der Waals surface area contributed by atoms with Gasteiger partial charge in [-0.25, -0.2) is 0 Å². The molecule has 5 heteroatoms. The van der Waals surface area contributed by atoms with Crippen LogP contribution in [-0.2, 0) is 4.74 Å². The Balaban J connectivity index is 1.53. The summed E-state index contributed by atoms with van der Waals surface area (Å²) in [5, 5.41) is 4.73. The summed E-state index contributed by atoms with van der Waals surface area (Å²) in [5.74, 6) is 0.794. The third-order valence-corrected chi connectivity index (χ3v) is 3.97. The molecule has 3 nitrogen and oxygen atoms in total. The molecule has 0 saturated heterocycles. The number of thiophene rings is 1. The molecule has 1 aliphatic rings. The highest BCUT2D eigenvalue weighted by Crippen LogP contribution is 2.28. The van der Waals surface area contributed by atoms with E-state index in [2.05, 4.69) is 17.9 Å². The molecule has 1 aliphatic carbocycles. The molecule has 1 aromatic rings. The highest BCUT2D eigenvalue weighted by molar-refractivity contribution is 7.80. The summed E-state index contributed by atoms with van der Waals surface area (Å²) < 4.78 is 5.49. The standard InChI is InChI=1S/C12H17NO2S2/c14-12(11-6-10(16)8-17-11)13-4-1-5-15-7-9-2-3-9/h6,8-9,16H,1-5,7H2,(H,13,14). The lowest BCUT2D eigenvalue weighted by molar-refractivity contribution is 0.0941. The van der Waals surface area contributed by atoms with Crippen molar-refractivity contribution in [3.63, 3.8) is 0 Å². The van der Waals surface area contributed by atoms with E-state index < -0.39 is 0 Å². The van der Waals surface area contributed by atoms with Gasteiger partial charge in [-0.3, -0.25) is 4.79 Å². The van der Waals surface area contributed by atoms with Crippen molar-refractivity contribution in [1.82, 2.24) is 5.32 Å². The molecule has 1 saturated carbocycles. The molecule has 0 spiro atoms. The third-order valence-electron chi connectivity index (χ3n) is 2.61. The number of carbonyl (C=O) groups is 1.